The second-order valence-corrected chi connectivity index (χ2v) is 4.05. The van der Waals surface area contributed by atoms with Gasteiger partial charge in [-0.15, -0.1) is 0 Å². The summed E-state index contributed by atoms with van der Waals surface area (Å²) in [6.45, 7) is 2.87. The summed E-state index contributed by atoms with van der Waals surface area (Å²) in [5.41, 5.74) is -0.909. The van der Waals surface area contributed by atoms with Crippen LogP contribution in [0.2, 0.25) is 0 Å². The quantitative estimate of drug-likeness (QED) is 0.829. The smallest absolute Gasteiger partial charge is 0.308 e. The first-order chi connectivity index (χ1) is 9.49. The molecule has 0 spiro atoms. The molecule has 0 saturated heterocycles. The molecule has 106 valence electrons. The summed E-state index contributed by atoms with van der Waals surface area (Å²) in [6, 6.07) is 0. The number of carbonyl (C=O) groups excluding carboxylic acids is 2. The topological polar surface area (TPSA) is 94.8 Å². The highest BCUT2D eigenvalue weighted by Gasteiger charge is 2.36. The van der Waals surface area contributed by atoms with Gasteiger partial charge in [0.15, 0.2) is 17.7 Å². The predicted octanol–water partition coefficient (Wildman–Crippen LogP) is 0.987. The minimum absolute atomic E-state index is 0.0602. The molecule has 1 aliphatic rings. The molecule has 1 atom stereocenters. The third-order valence-corrected chi connectivity index (χ3v) is 2.65. The number of methoxy groups -OCH3 is 1. The standard InChI is InChI=1S/C13H13NO6/c1-4-5-7-10(19-6(2)15)9(16)8-11(20-7)13(18-3)14-12(8)17/h4-5,13H,1-3H3,(H,14,17). The molecule has 1 N–H and O–H groups in total. The first-order valence-electron chi connectivity index (χ1n) is 5.85. The first kappa shape index (κ1) is 14.0. The highest BCUT2D eigenvalue weighted by Crippen LogP contribution is 2.29. The van der Waals surface area contributed by atoms with Gasteiger partial charge in [-0.25, -0.2) is 0 Å². The molecule has 2 rings (SSSR count). The zero-order chi connectivity index (χ0) is 14.9. The molecule has 20 heavy (non-hydrogen) atoms. The molecule has 1 amide bonds. The lowest BCUT2D eigenvalue weighted by molar-refractivity contribution is -0.132. The van der Waals surface area contributed by atoms with Crippen molar-refractivity contribution in [3.8, 4) is 5.75 Å². The Hall–Kier alpha value is -2.41. The molecular weight excluding hydrogens is 266 g/mol. The van der Waals surface area contributed by atoms with Gasteiger partial charge in [-0.2, -0.15) is 0 Å². The molecule has 1 aliphatic heterocycles. The predicted molar refractivity (Wildman–Crippen MR) is 68.2 cm³/mol. The van der Waals surface area contributed by atoms with Gasteiger partial charge in [0.05, 0.1) is 0 Å². The van der Waals surface area contributed by atoms with E-state index in [9.17, 15) is 14.4 Å². The molecule has 7 nitrogen and oxygen atoms in total. The number of carbonyl (C=O) groups is 2. The van der Waals surface area contributed by atoms with Crippen molar-refractivity contribution in [2.75, 3.05) is 7.11 Å². The van der Waals surface area contributed by atoms with E-state index in [1.54, 1.807) is 13.0 Å². The van der Waals surface area contributed by atoms with E-state index in [-0.39, 0.29) is 22.8 Å². The number of allylic oxidation sites excluding steroid dienone is 1. The maximum absolute atomic E-state index is 12.3. The number of amides is 1. The Morgan fingerprint density at radius 2 is 2.10 bits per heavy atom. The van der Waals surface area contributed by atoms with Crippen LogP contribution in [0.4, 0.5) is 0 Å². The number of rotatable bonds is 3. The molecule has 2 heterocycles. The fourth-order valence-electron chi connectivity index (χ4n) is 1.88. The fraction of sp³-hybridized carbons (Fsp3) is 0.308. The van der Waals surface area contributed by atoms with E-state index in [0.29, 0.717) is 0 Å². The van der Waals surface area contributed by atoms with Crippen LogP contribution in [0.1, 0.15) is 42.0 Å². The molecule has 1 unspecified atom stereocenters. The van der Waals surface area contributed by atoms with Crippen molar-refractivity contribution in [3.63, 3.8) is 0 Å². The van der Waals surface area contributed by atoms with Crippen LogP contribution in [0.25, 0.3) is 6.08 Å². The summed E-state index contributed by atoms with van der Waals surface area (Å²) in [6.07, 6.45) is 2.25. The maximum atomic E-state index is 12.3. The van der Waals surface area contributed by atoms with Crippen LogP contribution >= 0.6 is 0 Å². The maximum Gasteiger partial charge on any atom is 0.308 e. The van der Waals surface area contributed by atoms with Crippen LogP contribution < -0.4 is 15.5 Å². The summed E-state index contributed by atoms with van der Waals surface area (Å²) >= 11 is 0. The molecule has 1 aromatic rings. The van der Waals surface area contributed by atoms with Gasteiger partial charge >= 0.3 is 5.97 Å². The highest BCUT2D eigenvalue weighted by atomic mass is 16.5. The molecule has 1 aromatic heterocycles. The number of esters is 1. The average molecular weight is 279 g/mol. The highest BCUT2D eigenvalue weighted by molar-refractivity contribution is 5.98. The monoisotopic (exact) mass is 279 g/mol. The Kier molecular flexibility index (Phi) is 3.71. The van der Waals surface area contributed by atoms with Crippen molar-refractivity contribution in [1.29, 1.82) is 0 Å². The van der Waals surface area contributed by atoms with Crippen molar-refractivity contribution in [3.05, 3.63) is 33.4 Å². The lowest BCUT2D eigenvalue weighted by Gasteiger charge is -2.09. The molecule has 0 bridgehead atoms. The summed E-state index contributed by atoms with van der Waals surface area (Å²) in [5.74, 6) is -1.47. The van der Waals surface area contributed by atoms with Gasteiger partial charge < -0.3 is 19.2 Å². The number of nitrogens with one attached hydrogen (secondary N) is 1. The van der Waals surface area contributed by atoms with Crippen molar-refractivity contribution >= 4 is 18.0 Å². The number of hydrogen-bond acceptors (Lipinski definition) is 6. The normalized spacial score (nSPS) is 17.1. The van der Waals surface area contributed by atoms with E-state index >= 15 is 0 Å². The van der Waals surface area contributed by atoms with E-state index < -0.39 is 23.5 Å². The van der Waals surface area contributed by atoms with Crippen LogP contribution in [-0.4, -0.2) is 19.0 Å². The SMILES string of the molecule is CC=Cc1oc2c(c(=O)c1OC(C)=O)C(=O)NC2OC. The number of ether oxygens (including phenoxy) is 2. The van der Waals surface area contributed by atoms with E-state index in [1.165, 1.54) is 13.2 Å². The van der Waals surface area contributed by atoms with E-state index in [4.69, 9.17) is 13.9 Å². The van der Waals surface area contributed by atoms with Crippen molar-refractivity contribution in [2.24, 2.45) is 0 Å². The lowest BCUT2D eigenvalue weighted by Crippen LogP contribution is -2.23. The van der Waals surface area contributed by atoms with Crippen molar-refractivity contribution in [2.45, 2.75) is 20.1 Å². The van der Waals surface area contributed by atoms with Gasteiger partial charge in [0.1, 0.15) is 5.56 Å². The van der Waals surface area contributed by atoms with Crippen LogP contribution in [0.5, 0.6) is 5.75 Å². The van der Waals surface area contributed by atoms with Crippen molar-refractivity contribution < 1.29 is 23.5 Å². The molecule has 0 fully saturated rings. The summed E-state index contributed by atoms with van der Waals surface area (Å²) in [5, 5.41) is 2.44. The van der Waals surface area contributed by atoms with Gasteiger partial charge in [-0.3, -0.25) is 14.4 Å². The Labute approximate surface area is 114 Å². The Morgan fingerprint density at radius 1 is 1.40 bits per heavy atom. The van der Waals surface area contributed by atoms with Gasteiger partial charge in [0.2, 0.25) is 11.2 Å². The minimum atomic E-state index is -0.833. The second-order valence-electron chi connectivity index (χ2n) is 4.05. The van der Waals surface area contributed by atoms with Crippen molar-refractivity contribution in [1.82, 2.24) is 5.32 Å². The second kappa shape index (κ2) is 5.30. The zero-order valence-electron chi connectivity index (χ0n) is 11.2. The zero-order valence-corrected chi connectivity index (χ0v) is 11.2. The number of hydrogen-bond donors (Lipinski definition) is 1. The molecule has 7 heteroatoms. The molecule has 0 radical (unpaired) electrons. The molecule has 0 saturated carbocycles. The van der Waals surface area contributed by atoms with Gasteiger partial charge in [-0.1, -0.05) is 6.08 Å². The van der Waals surface area contributed by atoms with Crippen LogP contribution in [0.15, 0.2) is 15.3 Å². The third kappa shape index (κ3) is 2.23. The minimum Gasteiger partial charge on any atom is -0.452 e. The van der Waals surface area contributed by atoms with Crippen LogP contribution in [-0.2, 0) is 9.53 Å². The fourth-order valence-corrected chi connectivity index (χ4v) is 1.88. The summed E-state index contributed by atoms with van der Waals surface area (Å²) < 4.78 is 15.3. The van der Waals surface area contributed by atoms with Crippen LogP contribution in [0, 0.1) is 0 Å². The molecule has 0 aliphatic carbocycles. The largest absolute Gasteiger partial charge is 0.452 e. The molecular formula is C13H13NO6. The average Bonchev–Trinajstić information content (AvgIpc) is 2.70. The molecule has 0 aromatic carbocycles. The van der Waals surface area contributed by atoms with E-state index in [0.717, 1.165) is 6.92 Å². The Balaban J connectivity index is 2.71. The number of fused-ring (bicyclic) bond motifs is 1. The Bertz CT molecular complexity index is 658. The van der Waals surface area contributed by atoms with E-state index in [2.05, 4.69) is 5.32 Å². The Morgan fingerprint density at radius 3 is 2.65 bits per heavy atom. The first-order valence-corrected chi connectivity index (χ1v) is 5.85. The van der Waals surface area contributed by atoms with Gasteiger partial charge in [0.25, 0.3) is 5.91 Å². The lowest BCUT2D eigenvalue weighted by atomic mass is 10.2. The van der Waals surface area contributed by atoms with Gasteiger partial charge in [-0.05, 0) is 13.0 Å². The van der Waals surface area contributed by atoms with Crippen LogP contribution in [0.3, 0.4) is 0 Å². The summed E-state index contributed by atoms with van der Waals surface area (Å²) in [7, 11) is 1.37. The third-order valence-electron chi connectivity index (χ3n) is 2.65. The van der Waals surface area contributed by atoms with Gasteiger partial charge in [0, 0.05) is 14.0 Å². The summed E-state index contributed by atoms with van der Waals surface area (Å²) in [4.78, 5) is 35.1. The van der Waals surface area contributed by atoms with E-state index in [1.807, 2.05) is 0 Å².